The average molecular weight is 622 g/mol. The molecule has 0 spiro atoms. The molecule has 4 heterocycles. The summed E-state index contributed by atoms with van der Waals surface area (Å²) >= 11 is 1.78. The molecule has 0 bridgehead atoms. The fourth-order valence-corrected chi connectivity index (χ4v) is 4.60. The van der Waals surface area contributed by atoms with Gasteiger partial charge in [0.05, 0.1) is 4.70 Å². The molecule has 3 nitrogen and oxygen atoms in total. The van der Waals surface area contributed by atoms with E-state index in [-0.39, 0.29) is 20.1 Å². The number of hydrogen-bond acceptors (Lipinski definition) is 4. The Bertz CT molecular complexity index is 1440. The van der Waals surface area contributed by atoms with Gasteiger partial charge >= 0.3 is 0 Å². The summed E-state index contributed by atoms with van der Waals surface area (Å²) in [5.74, 6) is 0. The minimum absolute atomic E-state index is 0. The van der Waals surface area contributed by atoms with Crippen LogP contribution in [0.5, 0.6) is 0 Å². The summed E-state index contributed by atoms with van der Waals surface area (Å²) < 4.78 is 2.52. The summed E-state index contributed by atoms with van der Waals surface area (Å²) in [6.07, 6.45) is 5.50. The monoisotopic (exact) mass is 622 g/mol. The second-order valence-electron chi connectivity index (χ2n) is 7.20. The van der Waals surface area contributed by atoms with E-state index in [1.807, 2.05) is 61.7 Å². The molecule has 6 rings (SSSR count). The molecular weight excluding hydrogens is 603 g/mol. The van der Waals surface area contributed by atoms with Gasteiger partial charge in [0.25, 0.3) is 0 Å². The van der Waals surface area contributed by atoms with E-state index in [2.05, 4.69) is 57.4 Å². The number of rotatable bonds is 2. The standard InChI is InChI=1S/C17H11N2S.C11H8N.Ir/c1-11-12(6-4-8-18-11)15-9-14-13-5-2-3-7-16(13)20-17(14)10-19-15;1-2-6-10(7-3-1)11-8-4-5-9-12-11;/h2-5,7-10H,1H3;1-6,8-9H;/q2*-1;. The summed E-state index contributed by atoms with van der Waals surface area (Å²) in [6.45, 7) is 1.99. The van der Waals surface area contributed by atoms with Crippen LogP contribution in [0.3, 0.4) is 0 Å². The van der Waals surface area contributed by atoms with Gasteiger partial charge in [-0.05, 0) is 40.0 Å². The van der Waals surface area contributed by atoms with Crippen LogP contribution in [0.4, 0.5) is 0 Å². The quantitative estimate of drug-likeness (QED) is 0.193. The van der Waals surface area contributed by atoms with Gasteiger partial charge in [0.15, 0.2) is 0 Å². The van der Waals surface area contributed by atoms with Crippen molar-refractivity contribution in [1.29, 1.82) is 0 Å². The average Bonchev–Trinajstić information content (AvgIpc) is 3.24. The van der Waals surface area contributed by atoms with Crippen LogP contribution in [0, 0.1) is 19.1 Å². The fourth-order valence-electron chi connectivity index (χ4n) is 3.54. The molecule has 0 aliphatic carbocycles. The molecule has 33 heavy (non-hydrogen) atoms. The van der Waals surface area contributed by atoms with Crippen LogP contribution in [0.25, 0.3) is 42.7 Å². The first-order chi connectivity index (χ1) is 15.8. The van der Waals surface area contributed by atoms with Crippen molar-refractivity contribution in [3.05, 3.63) is 115 Å². The zero-order valence-corrected chi connectivity index (χ0v) is 21.0. The Morgan fingerprint density at radius 3 is 2.33 bits per heavy atom. The van der Waals surface area contributed by atoms with Crippen molar-refractivity contribution in [2.24, 2.45) is 0 Å². The van der Waals surface area contributed by atoms with E-state index in [1.54, 1.807) is 23.7 Å². The van der Waals surface area contributed by atoms with Crippen LogP contribution in [-0.2, 0) is 20.1 Å². The van der Waals surface area contributed by atoms with Crippen molar-refractivity contribution in [1.82, 2.24) is 15.0 Å². The van der Waals surface area contributed by atoms with Crippen molar-refractivity contribution in [3.8, 4) is 22.5 Å². The van der Waals surface area contributed by atoms with Gasteiger partial charge in [0.2, 0.25) is 0 Å². The molecule has 6 aromatic rings. The minimum Gasteiger partial charge on any atom is -0.357 e. The third-order valence-electron chi connectivity index (χ3n) is 5.10. The Balaban J connectivity index is 0.000000172. The summed E-state index contributed by atoms with van der Waals surface area (Å²) in [4.78, 5) is 13.1. The van der Waals surface area contributed by atoms with Gasteiger partial charge < -0.3 is 15.0 Å². The van der Waals surface area contributed by atoms with E-state index in [0.717, 1.165) is 28.2 Å². The Labute approximate surface area is 210 Å². The maximum absolute atomic E-state index is 4.57. The van der Waals surface area contributed by atoms with Crippen LogP contribution in [-0.4, -0.2) is 15.0 Å². The van der Waals surface area contributed by atoms with Crippen LogP contribution in [0.2, 0.25) is 0 Å². The molecule has 0 aliphatic heterocycles. The van der Waals surface area contributed by atoms with Crippen LogP contribution in [0.15, 0.2) is 97.5 Å². The maximum Gasteiger partial charge on any atom is 0.0521 e. The molecule has 5 heteroatoms. The predicted octanol–water partition coefficient (Wildman–Crippen LogP) is 7.17. The first kappa shape index (κ1) is 22.9. The van der Waals surface area contributed by atoms with Gasteiger partial charge in [-0.15, -0.1) is 64.9 Å². The Morgan fingerprint density at radius 1 is 0.697 bits per heavy atom. The fraction of sp³-hybridized carbons (Fsp3) is 0.0357. The summed E-state index contributed by atoms with van der Waals surface area (Å²) in [5, 5.41) is 2.55. The molecule has 0 fully saturated rings. The Hall–Kier alpha value is -3.24. The molecular formula is C28H19IrN3S-2. The maximum atomic E-state index is 4.57. The molecule has 0 aliphatic rings. The van der Waals surface area contributed by atoms with Crippen molar-refractivity contribution in [2.45, 2.75) is 6.92 Å². The van der Waals surface area contributed by atoms with Gasteiger partial charge in [-0.1, -0.05) is 49.5 Å². The van der Waals surface area contributed by atoms with Gasteiger partial charge in [-0.3, -0.25) is 0 Å². The molecule has 0 N–H and O–H groups in total. The molecule has 4 aromatic heterocycles. The van der Waals surface area contributed by atoms with Crippen molar-refractivity contribution >= 4 is 31.5 Å². The van der Waals surface area contributed by atoms with Crippen molar-refractivity contribution in [2.75, 3.05) is 0 Å². The van der Waals surface area contributed by atoms with Gasteiger partial charge in [-0.2, -0.15) is 0 Å². The predicted molar refractivity (Wildman–Crippen MR) is 132 cm³/mol. The minimum atomic E-state index is 0. The normalized spacial score (nSPS) is 10.3. The van der Waals surface area contributed by atoms with Crippen molar-refractivity contribution in [3.63, 3.8) is 0 Å². The van der Waals surface area contributed by atoms with Crippen LogP contribution < -0.4 is 0 Å². The number of fused-ring (bicyclic) bond motifs is 3. The molecule has 0 atom stereocenters. The first-order valence-electron chi connectivity index (χ1n) is 10.3. The third kappa shape index (κ3) is 5.07. The largest absolute Gasteiger partial charge is 0.357 e. The second kappa shape index (κ2) is 10.6. The molecule has 0 saturated carbocycles. The topological polar surface area (TPSA) is 38.7 Å². The number of pyridine rings is 3. The van der Waals surface area contributed by atoms with E-state index in [9.17, 15) is 0 Å². The Kier molecular flexibility index (Phi) is 7.36. The second-order valence-corrected chi connectivity index (χ2v) is 8.29. The van der Waals surface area contributed by atoms with E-state index in [1.165, 1.54) is 20.2 Å². The van der Waals surface area contributed by atoms with Gasteiger partial charge in [0, 0.05) is 37.2 Å². The third-order valence-corrected chi connectivity index (χ3v) is 6.22. The number of aromatic nitrogens is 3. The van der Waals surface area contributed by atoms with Gasteiger partial charge in [-0.25, -0.2) is 0 Å². The number of nitrogens with zero attached hydrogens (tertiary/aromatic N) is 3. The molecule has 163 valence electrons. The smallest absolute Gasteiger partial charge is 0.0521 e. The molecule has 0 unspecified atom stereocenters. The SMILES string of the molecule is Cc1ncc[c-]c1-c1cc2c(cn1)sc1ccccc12.[Ir].[c-]1ccccc1-c1ccccn1. The number of benzene rings is 2. The van der Waals surface area contributed by atoms with Crippen LogP contribution in [0.1, 0.15) is 5.69 Å². The Morgan fingerprint density at radius 2 is 1.55 bits per heavy atom. The molecule has 2 aromatic carbocycles. The first-order valence-corrected chi connectivity index (χ1v) is 11.1. The zero-order valence-electron chi connectivity index (χ0n) is 17.8. The summed E-state index contributed by atoms with van der Waals surface area (Å²) in [5.41, 5.74) is 4.88. The molecule has 1 radical (unpaired) electrons. The summed E-state index contributed by atoms with van der Waals surface area (Å²) in [6, 6.07) is 32.5. The number of thiophene rings is 1. The number of aryl methyl sites for hydroxylation is 1. The zero-order chi connectivity index (χ0) is 21.8. The van der Waals surface area contributed by atoms with Crippen molar-refractivity contribution < 1.29 is 20.1 Å². The van der Waals surface area contributed by atoms with E-state index < -0.39 is 0 Å². The van der Waals surface area contributed by atoms with E-state index in [0.29, 0.717) is 0 Å². The molecule has 0 amide bonds. The molecule has 0 saturated heterocycles. The van der Waals surface area contributed by atoms with E-state index >= 15 is 0 Å². The van der Waals surface area contributed by atoms with Crippen LogP contribution >= 0.6 is 11.3 Å². The van der Waals surface area contributed by atoms with E-state index in [4.69, 9.17) is 0 Å². The number of hydrogen-bond donors (Lipinski definition) is 0. The summed E-state index contributed by atoms with van der Waals surface area (Å²) in [7, 11) is 0. The van der Waals surface area contributed by atoms with Gasteiger partial charge in [0.1, 0.15) is 0 Å².